The lowest BCUT2D eigenvalue weighted by atomic mass is 10.1. The lowest BCUT2D eigenvalue weighted by molar-refractivity contribution is 0.102. The Kier molecular flexibility index (Phi) is 5.57. The van der Waals surface area contributed by atoms with E-state index in [2.05, 4.69) is 15.8 Å². The summed E-state index contributed by atoms with van der Waals surface area (Å²) in [6.45, 7) is 1.78. The van der Waals surface area contributed by atoms with Gasteiger partial charge >= 0.3 is 0 Å². The van der Waals surface area contributed by atoms with Crippen LogP contribution in [0.4, 0.5) is 11.4 Å². The van der Waals surface area contributed by atoms with Crippen LogP contribution in [0.2, 0.25) is 0 Å². The van der Waals surface area contributed by atoms with Gasteiger partial charge in [0.2, 0.25) is 5.55 Å². The zero-order valence-corrected chi connectivity index (χ0v) is 17.0. The molecule has 0 radical (unpaired) electrons. The number of methoxy groups -OCH3 is 1. The minimum Gasteiger partial charge on any atom is -0.508 e. The molecule has 0 bridgehead atoms. The van der Waals surface area contributed by atoms with Gasteiger partial charge in [0.15, 0.2) is 11.3 Å². The highest BCUT2D eigenvalue weighted by Crippen LogP contribution is 2.25. The van der Waals surface area contributed by atoms with Gasteiger partial charge < -0.3 is 19.6 Å². The van der Waals surface area contributed by atoms with E-state index in [1.165, 1.54) is 6.07 Å². The molecular weight excluding hydrogens is 394 g/mol. The van der Waals surface area contributed by atoms with Gasteiger partial charge in [0.05, 0.1) is 12.8 Å². The van der Waals surface area contributed by atoms with Crippen LogP contribution in [0, 0.1) is 6.92 Å². The second-order valence-corrected chi connectivity index (χ2v) is 6.89. The van der Waals surface area contributed by atoms with Crippen molar-refractivity contribution in [1.29, 1.82) is 0 Å². The number of anilines is 2. The van der Waals surface area contributed by atoms with E-state index < -0.39 is 5.91 Å². The molecule has 3 N–H and O–H groups in total. The van der Waals surface area contributed by atoms with E-state index in [0.29, 0.717) is 28.0 Å². The van der Waals surface area contributed by atoms with Gasteiger partial charge in [0, 0.05) is 17.1 Å². The van der Waals surface area contributed by atoms with Gasteiger partial charge in [0.25, 0.3) is 5.91 Å². The van der Waals surface area contributed by atoms with Gasteiger partial charge in [0.1, 0.15) is 11.3 Å². The van der Waals surface area contributed by atoms with Crippen molar-refractivity contribution in [3.8, 4) is 11.5 Å². The molecule has 156 valence electrons. The molecule has 4 rings (SSSR count). The van der Waals surface area contributed by atoms with E-state index in [4.69, 9.17) is 9.15 Å². The Morgan fingerprint density at radius 3 is 2.55 bits per heavy atom. The first-order chi connectivity index (χ1) is 15.0. The molecule has 0 fully saturated rings. The maximum absolute atomic E-state index is 13.1. The number of hydrogen-bond acceptors (Lipinski definition) is 6. The number of amides is 1. The van der Waals surface area contributed by atoms with Crippen LogP contribution >= 0.6 is 0 Å². The van der Waals surface area contributed by atoms with Crippen molar-refractivity contribution >= 4 is 28.3 Å². The summed E-state index contributed by atoms with van der Waals surface area (Å²) in [4.78, 5) is 13.1. The number of fused-ring (bicyclic) bond motifs is 1. The number of phenols is 1. The van der Waals surface area contributed by atoms with E-state index in [1.807, 2.05) is 42.5 Å². The molecule has 0 spiro atoms. The fraction of sp³-hybridized carbons (Fsp3) is 0.0833. The number of aryl methyl sites for hydroxylation is 1. The fourth-order valence-corrected chi connectivity index (χ4v) is 3.04. The quantitative estimate of drug-likeness (QED) is 0.413. The summed E-state index contributed by atoms with van der Waals surface area (Å²) in [6, 6.07) is 21.4. The number of phenolic OH excluding ortho intramolecular Hbond substituents is 1. The minimum atomic E-state index is -0.426. The molecule has 7 nitrogen and oxygen atoms in total. The third-order valence-corrected chi connectivity index (χ3v) is 4.73. The summed E-state index contributed by atoms with van der Waals surface area (Å²) >= 11 is 0. The molecule has 0 unspecified atom stereocenters. The third-order valence-electron chi connectivity index (χ3n) is 4.73. The molecule has 0 aliphatic carbocycles. The first kappa shape index (κ1) is 20.0. The topological polar surface area (TPSA) is 96.1 Å². The molecule has 0 aliphatic heterocycles. The largest absolute Gasteiger partial charge is 0.508 e. The van der Waals surface area contributed by atoms with E-state index >= 15 is 0 Å². The molecule has 0 saturated heterocycles. The van der Waals surface area contributed by atoms with Crippen LogP contribution in [0.1, 0.15) is 15.9 Å². The van der Waals surface area contributed by atoms with Crippen molar-refractivity contribution in [2.45, 2.75) is 6.92 Å². The Labute approximate surface area is 178 Å². The van der Waals surface area contributed by atoms with Crippen LogP contribution in [0.25, 0.3) is 11.0 Å². The lowest BCUT2D eigenvalue weighted by Gasteiger charge is -2.10. The Morgan fingerprint density at radius 2 is 1.81 bits per heavy atom. The molecule has 4 aromatic rings. The van der Waals surface area contributed by atoms with E-state index in [1.54, 1.807) is 38.3 Å². The predicted octanol–water partition coefficient (Wildman–Crippen LogP) is 4.64. The summed E-state index contributed by atoms with van der Waals surface area (Å²) in [5, 5.41) is 17.7. The van der Waals surface area contributed by atoms with Crippen LogP contribution in [-0.2, 0) is 0 Å². The van der Waals surface area contributed by atoms with E-state index in [-0.39, 0.29) is 16.9 Å². The second kappa shape index (κ2) is 8.62. The van der Waals surface area contributed by atoms with Crippen LogP contribution in [0.15, 0.2) is 82.3 Å². The molecule has 0 aliphatic rings. The molecule has 0 saturated carbocycles. The third kappa shape index (κ3) is 4.35. The number of rotatable bonds is 5. The average Bonchev–Trinajstić information content (AvgIpc) is 2.79. The summed E-state index contributed by atoms with van der Waals surface area (Å²) < 4.78 is 11.4. The number of para-hydroxylation sites is 2. The van der Waals surface area contributed by atoms with Gasteiger partial charge in [-0.3, -0.25) is 10.2 Å². The summed E-state index contributed by atoms with van der Waals surface area (Å²) in [7, 11) is 1.55. The molecule has 1 heterocycles. The Morgan fingerprint density at radius 1 is 1.00 bits per heavy atom. The molecule has 31 heavy (non-hydrogen) atoms. The van der Waals surface area contributed by atoms with Crippen molar-refractivity contribution in [2.24, 2.45) is 5.10 Å². The van der Waals surface area contributed by atoms with Gasteiger partial charge in [-0.15, -0.1) is 5.10 Å². The fourth-order valence-electron chi connectivity index (χ4n) is 3.04. The van der Waals surface area contributed by atoms with Gasteiger partial charge in [-0.2, -0.15) is 0 Å². The number of carbonyl (C=O) groups excluding carboxylic acids is 1. The maximum atomic E-state index is 13.1. The number of nitrogens with zero attached hydrogens (tertiary/aromatic N) is 1. The number of hydrogen-bond donors (Lipinski definition) is 3. The van der Waals surface area contributed by atoms with Gasteiger partial charge in [-0.1, -0.05) is 36.4 Å². The highest BCUT2D eigenvalue weighted by Gasteiger charge is 2.15. The predicted molar refractivity (Wildman–Crippen MR) is 119 cm³/mol. The van der Waals surface area contributed by atoms with E-state index in [9.17, 15) is 9.90 Å². The standard InChI is InChI=1S/C24H21N3O4/c1-15-11-12-18(14-20(15)28)25-23(29)19-13-16-7-6-10-21(30-2)22(16)31-24(19)27-26-17-8-4-3-5-9-17/h3-14,26,28H,1-2H3,(H,25,29). The Bertz CT molecular complexity index is 1310. The first-order valence-corrected chi connectivity index (χ1v) is 9.62. The average molecular weight is 415 g/mol. The van der Waals surface area contributed by atoms with Crippen LogP contribution < -0.4 is 21.0 Å². The number of nitrogens with one attached hydrogen (secondary N) is 2. The molecule has 0 atom stereocenters. The Hall–Kier alpha value is -4.26. The molecule has 7 heteroatoms. The van der Waals surface area contributed by atoms with Gasteiger partial charge in [-0.05, 0) is 42.8 Å². The van der Waals surface area contributed by atoms with Crippen molar-refractivity contribution in [3.63, 3.8) is 0 Å². The highest BCUT2D eigenvalue weighted by atomic mass is 16.5. The highest BCUT2D eigenvalue weighted by molar-refractivity contribution is 6.05. The summed E-state index contributed by atoms with van der Waals surface area (Å²) in [5.74, 6) is 0.204. The summed E-state index contributed by atoms with van der Waals surface area (Å²) in [5.41, 5.74) is 5.62. The normalized spacial score (nSPS) is 11.4. The van der Waals surface area contributed by atoms with Crippen molar-refractivity contribution in [1.82, 2.24) is 0 Å². The van der Waals surface area contributed by atoms with Crippen LogP contribution in [-0.4, -0.2) is 18.1 Å². The van der Waals surface area contributed by atoms with E-state index in [0.717, 1.165) is 5.69 Å². The van der Waals surface area contributed by atoms with Crippen LogP contribution in [0.3, 0.4) is 0 Å². The molecule has 3 aromatic carbocycles. The zero-order valence-electron chi connectivity index (χ0n) is 17.0. The van der Waals surface area contributed by atoms with Gasteiger partial charge in [-0.25, -0.2) is 0 Å². The molecule has 1 amide bonds. The molecular formula is C24H21N3O4. The second-order valence-electron chi connectivity index (χ2n) is 6.89. The van der Waals surface area contributed by atoms with Crippen LogP contribution in [0.5, 0.6) is 11.5 Å². The first-order valence-electron chi connectivity index (χ1n) is 9.62. The maximum Gasteiger partial charge on any atom is 0.261 e. The number of benzene rings is 3. The SMILES string of the molecule is COc1cccc2cc(C(=O)Nc3ccc(C)c(O)c3)c(=NNc3ccccc3)oc12. The monoisotopic (exact) mass is 415 g/mol. The Balaban J connectivity index is 1.79. The summed E-state index contributed by atoms with van der Waals surface area (Å²) in [6.07, 6.45) is 0. The number of ether oxygens (including phenoxy) is 1. The number of aromatic hydroxyl groups is 1. The lowest BCUT2D eigenvalue weighted by Crippen LogP contribution is -2.22. The minimum absolute atomic E-state index is 0.0923. The van der Waals surface area contributed by atoms with Crippen molar-refractivity contribution in [3.05, 3.63) is 89.5 Å². The smallest absolute Gasteiger partial charge is 0.261 e. The molecule has 1 aromatic heterocycles. The zero-order chi connectivity index (χ0) is 21.8. The van der Waals surface area contributed by atoms with Crippen molar-refractivity contribution in [2.75, 3.05) is 17.9 Å². The van der Waals surface area contributed by atoms with Crippen molar-refractivity contribution < 1.29 is 19.1 Å². The number of carbonyl (C=O) groups is 1.